The number of carbonyl (C=O) groups excluding carboxylic acids is 1. The fourth-order valence-electron chi connectivity index (χ4n) is 4.12. The lowest BCUT2D eigenvalue weighted by Gasteiger charge is -2.43. The lowest BCUT2D eigenvalue weighted by molar-refractivity contribution is 0.124. The van der Waals surface area contributed by atoms with Gasteiger partial charge in [-0.2, -0.15) is 0 Å². The third-order valence-electron chi connectivity index (χ3n) is 5.71. The molecule has 0 saturated carbocycles. The van der Waals surface area contributed by atoms with Crippen LogP contribution < -0.4 is 9.47 Å². The van der Waals surface area contributed by atoms with Gasteiger partial charge in [-0.1, -0.05) is 18.7 Å². The molecule has 160 valence electrons. The molecule has 0 bridgehead atoms. The summed E-state index contributed by atoms with van der Waals surface area (Å²) in [5.41, 5.74) is 4.12. The number of urea groups is 1. The maximum absolute atomic E-state index is 13.7. The van der Waals surface area contributed by atoms with Crippen molar-refractivity contribution in [3.63, 3.8) is 0 Å². The van der Waals surface area contributed by atoms with E-state index in [0.29, 0.717) is 6.54 Å². The van der Waals surface area contributed by atoms with Crippen LogP contribution in [0, 0.1) is 6.92 Å². The van der Waals surface area contributed by atoms with Crippen molar-refractivity contribution in [2.45, 2.75) is 45.7 Å². The van der Waals surface area contributed by atoms with Gasteiger partial charge in [0, 0.05) is 18.3 Å². The second-order valence-corrected chi connectivity index (χ2v) is 8.64. The summed E-state index contributed by atoms with van der Waals surface area (Å²) in [5.74, 6) is 1.59. The van der Waals surface area contributed by atoms with Crippen molar-refractivity contribution in [2.75, 3.05) is 20.8 Å². The van der Waals surface area contributed by atoms with E-state index >= 15 is 0 Å². The second-order valence-electron chi connectivity index (χ2n) is 8.64. The highest BCUT2D eigenvalue weighted by molar-refractivity contribution is 5.78. The Balaban J connectivity index is 2.17. The van der Waals surface area contributed by atoms with Crippen LogP contribution in [0.1, 0.15) is 49.1 Å². The number of ether oxygens (including phenoxy) is 2. The number of rotatable bonds is 4. The van der Waals surface area contributed by atoms with Gasteiger partial charge in [-0.25, -0.2) is 4.79 Å². The Morgan fingerprint density at radius 2 is 1.73 bits per heavy atom. The average Bonchev–Trinajstić information content (AvgIpc) is 2.71. The van der Waals surface area contributed by atoms with Gasteiger partial charge in [0.25, 0.3) is 0 Å². The van der Waals surface area contributed by atoms with Crippen LogP contribution in [-0.2, 0) is 6.42 Å². The SMILES string of the molecule is C=CN(C(=O)N1CCc2ccc(OC)cc2C1c1ccc(OC)cc1C)C(C)(C)C. The quantitative estimate of drug-likeness (QED) is 0.687. The Bertz CT molecular complexity index is 946. The van der Waals surface area contributed by atoms with Gasteiger partial charge in [-0.15, -0.1) is 0 Å². The maximum atomic E-state index is 13.7. The zero-order chi connectivity index (χ0) is 22.1. The first-order valence-corrected chi connectivity index (χ1v) is 10.2. The molecule has 0 fully saturated rings. The number of hydrogen-bond acceptors (Lipinski definition) is 3. The van der Waals surface area contributed by atoms with E-state index < -0.39 is 0 Å². The van der Waals surface area contributed by atoms with Crippen molar-refractivity contribution in [1.82, 2.24) is 9.80 Å². The summed E-state index contributed by atoms with van der Waals surface area (Å²) in [7, 11) is 3.33. The molecule has 2 aromatic rings. The predicted molar refractivity (Wildman–Crippen MR) is 120 cm³/mol. The van der Waals surface area contributed by atoms with Crippen LogP contribution in [0.3, 0.4) is 0 Å². The van der Waals surface area contributed by atoms with Crippen LogP contribution in [0.25, 0.3) is 0 Å². The van der Waals surface area contributed by atoms with Gasteiger partial charge < -0.3 is 14.4 Å². The highest BCUT2D eigenvalue weighted by Gasteiger charge is 2.37. The van der Waals surface area contributed by atoms with E-state index in [4.69, 9.17) is 9.47 Å². The van der Waals surface area contributed by atoms with Gasteiger partial charge >= 0.3 is 6.03 Å². The smallest absolute Gasteiger partial charge is 0.325 e. The van der Waals surface area contributed by atoms with E-state index in [0.717, 1.165) is 34.6 Å². The fourth-order valence-corrected chi connectivity index (χ4v) is 4.12. The van der Waals surface area contributed by atoms with Crippen molar-refractivity contribution in [3.05, 3.63) is 71.4 Å². The van der Waals surface area contributed by atoms with Crippen molar-refractivity contribution in [1.29, 1.82) is 0 Å². The van der Waals surface area contributed by atoms with Gasteiger partial charge in [0.1, 0.15) is 11.5 Å². The standard InChI is InChI=1S/C25H32N2O3/c1-8-27(25(3,4)5)24(28)26-14-13-18-9-10-20(30-7)16-22(18)23(26)21-12-11-19(29-6)15-17(21)2/h8-12,15-16,23H,1,13-14H2,2-7H3. The Morgan fingerprint density at radius 1 is 1.10 bits per heavy atom. The molecular weight excluding hydrogens is 376 g/mol. The Morgan fingerprint density at radius 3 is 2.30 bits per heavy atom. The number of benzene rings is 2. The molecule has 1 heterocycles. The van der Waals surface area contributed by atoms with Crippen LogP contribution in [0.5, 0.6) is 11.5 Å². The van der Waals surface area contributed by atoms with Crippen molar-refractivity contribution in [3.8, 4) is 11.5 Å². The van der Waals surface area contributed by atoms with E-state index in [1.807, 2.05) is 43.9 Å². The maximum Gasteiger partial charge on any atom is 0.325 e. The predicted octanol–water partition coefficient (Wildman–Crippen LogP) is 5.32. The summed E-state index contributed by atoms with van der Waals surface area (Å²) in [6.07, 6.45) is 2.42. The number of carbonyl (C=O) groups is 1. The first-order valence-electron chi connectivity index (χ1n) is 10.2. The molecule has 1 aliphatic heterocycles. The normalized spacial score (nSPS) is 15.9. The van der Waals surface area contributed by atoms with E-state index in [1.165, 1.54) is 5.56 Å². The minimum absolute atomic E-state index is 0.0498. The van der Waals surface area contributed by atoms with Gasteiger partial charge in [-0.05, 0) is 80.6 Å². The monoisotopic (exact) mass is 408 g/mol. The molecule has 2 amide bonds. The van der Waals surface area contributed by atoms with Gasteiger partial charge in [0.2, 0.25) is 0 Å². The third kappa shape index (κ3) is 4.02. The molecular formula is C25H32N2O3. The summed E-state index contributed by atoms with van der Waals surface area (Å²) in [5, 5.41) is 0. The van der Waals surface area contributed by atoms with Crippen LogP contribution in [0.2, 0.25) is 0 Å². The molecule has 0 radical (unpaired) electrons. The second kappa shape index (κ2) is 8.42. The molecule has 2 aromatic carbocycles. The molecule has 30 heavy (non-hydrogen) atoms. The highest BCUT2D eigenvalue weighted by Crippen LogP contribution is 2.40. The Labute approximate surface area is 179 Å². The van der Waals surface area contributed by atoms with Gasteiger partial charge in [-0.3, -0.25) is 4.90 Å². The van der Waals surface area contributed by atoms with Gasteiger partial charge in [0.05, 0.1) is 20.3 Å². The van der Waals surface area contributed by atoms with E-state index in [1.54, 1.807) is 25.3 Å². The lowest BCUT2D eigenvalue weighted by Crippen LogP contribution is -2.52. The first kappa shape index (κ1) is 21.8. The number of amides is 2. The third-order valence-corrected chi connectivity index (χ3v) is 5.71. The Kier molecular flexibility index (Phi) is 6.11. The highest BCUT2D eigenvalue weighted by atomic mass is 16.5. The number of methoxy groups -OCH3 is 2. The number of aryl methyl sites for hydroxylation is 1. The topological polar surface area (TPSA) is 42.0 Å². The molecule has 1 aliphatic rings. The van der Waals surface area contributed by atoms with Crippen molar-refractivity contribution in [2.24, 2.45) is 0 Å². The van der Waals surface area contributed by atoms with E-state index in [2.05, 4.69) is 31.7 Å². The molecule has 0 aliphatic carbocycles. The molecule has 0 saturated heterocycles. The Hall–Kier alpha value is -2.95. The summed E-state index contributed by atoms with van der Waals surface area (Å²) >= 11 is 0. The molecule has 3 rings (SSSR count). The minimum atomic E-state index is -0.368. The molecule has 0 N–H and O–H groups in total. The lowest BCUT2D eigenvalue weighted by atomic mass is 9.86. The van der Waals surface area contributed by atoms with Crippen LogP contribution in [0.4, 0.5) is 4.79 Å². The number of nitrogens with zero attached hydrogens (tertiary/aromatic N) is 2. The minimum Gasteiger partial charge on any atom is -0.497 e. The molecule has 1 unspecified atom stereocenters. The zero-order valence-corrected chi connectivity index (χ0v) is 18.9. The summed E-state index contributed by atoms with van der Waals surface area (Å²) in [6, 6.07) is 11.9. The summed E-state index contributed by atoms with van der Waals surface area (Å²) in [4.78, 5) is 17.3. The van der Waals surface area contributed by atoms with Crippen LogP contribution in [0.15, 0.2) is 49.2 Å². The molecule has 0 spiro atoms. The molecule has 5 nitrogen and oxygen atoms in total. The largest absolute Gasteiger partial charge is 0.497 e. The van der Waals surface area contributed by atoms with Gasteiger partial charge in [0.15, 0.2) is 0 Å². The molecule has 0 aromatic heterocycles. The van der Waals surface area contributed by atoms with Crippen molar-refractivity contribution < 1.29 is 14.3 Å². The van der Waals surface area contributed by atoms with Crippen LogP contribution in [-0.4, -0.2) is 42.1 Å². The number of hydrogen-bond donors (Lipinski definition) is 0. The number of fused-ring (bicyclic) bond motifs is 1. The van der Waals surface area contributed by atoms with E-state index in [9.17, 15) is 4.79 Å². The van der Waals surface area contributed by atoms with Crippen molar-refractivity contribution >= 4 is 6.03 Å². The average molecular weight is 409 g/mol. The summed E-state index contributed by atoms with van der Waals surface area (Å²) in [6.45, 7) is 12.6. The molecule has 5 heteroatoms. The zero-order valence-electron chi connectivity index (χ0n) is 18.9. The van der Waals surface area contributed by atoms with E-state index in [-0.39, 0.29) is 17.6 Å². The summed E-state index contributed by atoms with van der Waals surface area (Å²) < 4.78 is 10.9. The van der Waals surface area contributed by atoms with Crippen LogP contribution >= 0.6 is 0 Å². The fraction of sp³-hybridized carbons (Fsp3) is 0.400. The molecule has 1 atom stereocenters. The first-order chi connectivity index (χ1) is 14.2.